The molecule has 3 nitrogen and oxygen atoms in total. The summed E-state index contributed by atoms with van der Waals surface area (Å²) in [6.07, 6.45) is 8.06. The summed E-state index contributed by atoms with van der Waals surface area (Å²) >= 11 is 0. The Bertz CT molecular complexity index is 200. The molecule has 0 saturated heterocycles. The zero-order chi connectivity index (χ0) is 9.68. The summed E-state index contributed by atoms with van der Waals surface area (Å²) in [4.78, 5) is 4.00. The molecule has 0 bridgehead atoms. The number of hydrogen-bond donors (Lipinski definition) is 2. The number of nitrogens with zero attached hydrogens (tertiary/aromatic N) is 1. The van der Waals surface area contributed by atoms with E-state index in [0.717, 1.165) is 31.3 Å². The smallest absolute Gasteiger partial charge is 0.0277 e. The fourth-order valence-corrected chi connectivity index (χ4v) is 1.89. The van der Waals surface area contributed by atoms with Crippen LogP contribution < -0.4 is 11.5 Å². The summed E-state index contributed by atoms with van der Waals surface area (Å²) in [5, 5.41) is 0. The molecular weight excluding hydrogens is 162 g/mol. The Morgan fingerprint density at radius 2 is 1.92 bits per heavy atom. The monoisotopic (exact) mass is 181 g/mol. The van der Waals surface area contributed by atoms with Crippen molar-refractivity contribution in [3.8, 4) is 0 Å². The Hall–Kier alpha value is -0.830. The lowest BCUT2D eigenvalue weighted by Gasteiger charge is -2.26. The normalized spacial score (nSPS) is 31.1. The summed E-state index contributed by atoms with van der Waals surface area (Å²) in [5.74, 6) is 0.577. The molecule has 1 rings (SSSR count). The van der Waals surface area contributed by atoms with Crippen LogP contribution in [0.4, 0.5) is 0 Å². The molecule has 0 unspecified atom stereocenters. The van der Waals surface area contributed by atoms with Gasteiger partial charge in [-0.2, -0.15) is 0 Å². The van der Waals surface area contributed by atoms with Crippen molar-refractivity contribution in [2.24, 2.45) is 22.4 Å². The van der Waals surface area contributed by atoms with Crippen molar-refractivity contribution >= 4 is 6.21 Å². The fourth-order valence-electron chi connectivity index (χ4n) is 1.89. The predicted molar refractivity (Wildman–Crippen MR) is 56.6 cm³/mol. The number of allylic oxidation sites excluding steroid dienone is 1. The molecule has 74 valence electrons. The summed E-state index contributed by atoms with van der Waals surface area (Å²) in [6, 6.07) is 0.397. The Labute approximate surface area is 79.9 Å². The minimum absolute atomic E-state index is 0.397. The van der Waals surface area contributed by atoms with Gasteiger partial charge in [-0.05, 0) is 43.4 Å². The van der Waals surface area contributed by atoms with Gasteiger partial charge >= 0.3 is 0 Å². The number of hydrogen-bond acceptors (Lipinski definition) is 3. The van der Waals surface area contributed by atoms with E-state index in [1.165, 1.54) is 0 Å². The molecule has 0 spiro atoms. The molecule has 1 aliphatic carbocycles. The number of aliphatic imine (C=N–C) groups is 1. The summed E-state index contributed by atoms with van der Waals surface area (Å²) in [6.45, 7) is 0. The first kappa shape index (κ1) is 10.3. The second-order valence-electron chi connectivity index (χ2n) is 3.67. The summed E-state index contributed by atoms with van der Waals surface area (Å²) < 4.78 is 0. The van der Waals surface area contributed by atoms with Crippen LogP contribution in [0.5, 0.6) is 0 Å². The summed E-state index contributed by atoms with van der Waals surface area (Å²) in [5.41, 5.74) is 12.5. The minimum atomic E-state index is 0.397. The Kier molecular flexibility index (Phi) is 3.96. The highest BCUT2D eigenvalue weighted by Crippen LogP contribution is 2.27. The van der Waals surface area contributed by atoms with Gasteiger partial charge in [0.25, 0.3) is 0 Å². The van der Waals surface area contributed by atoms with Crippen molar-refractivity contribution in [2.45, 2.75) is 31.7 Å². The van der Waals surface area contributed by atoms with Gasteiger partial charge in [-0.25, -0.2) is 0 Å². The minimum Gasteiger partial charge on any atom is -0.404 e. The maximum Gasteiger partial charge on any atom is 0.0277 e. The third-order valence-corrected chi connectivity index (χ3v) is 2.71. The molecule has 0 aromatic carbocycles. The average Bonchev–Trinajstić information content (AvgIpc) is 2.16. The molecule has 0 amide bonds. The van der Waals surface area contributed by atoms with E-state index in [1.807, 2.05) is 6.21 Å². The maximum atomic E-state index is 5.83. The Morgan fingerprint density at radius 3 is 2.38 bits per heavy atom. The fraction of sp³-hybridized carbons (Fsp3) is 0.700. The highest BCUT2D eigenvalue weighted by atomic mass is 14.7. The lowest BCUT2D eigenvalue weighted by Crippen LogP contribution is -2.27. The van der Waals surface area contributed by atoms with Crippen molar-refractivity contribution in [2.75, 3.05) is 7.05 Å². The SMILES string of the molecule is CN=C/C(=C\N)C1CCC(N)CC1. The van der Waals surface area contributed by atoms with Gasteiger partial charge in [0.05, 0.1) is 0 Å². The van der Waals surface area contributed by atoms with Gasteiger partial charge < -0.3 is 11.5 Å². The van der Waals surface area contributed by atoms with Gasteiger partial charge in [0, 0.05) is 19.3 Å². The van der Waals surface area contributed by atoms with Crippen LogP contribution in [-0.4, -0.2) is 19.3 Å². The van der Waals surface area contributed by atoms with Crippen molar-refractivity contribution in [3.63, 3.8) is 0 Å². The van der Waals surface area contributed by atoms with E-state index in [0.29, 0.717) is 12.0 Å². The van der Waals surface area contributed by atoms with Crippen LogP contribution in [0.1, 0.15) is 25.7 Å². The van der Waals surface area contributed by atoms with Gasteiger partial charge in [0.2, 0.25) is 0 Å². The average molecular weight is 181 g/mol. The molecular formula is C10H19N3. The molecule has 0 atom stereocenters. The molecule has 0 heterocycles. The van der Waals surface area contributed by atoms with Crippen LogP contribution >= 0.6 is 0 Å². The van der Waals surface area contributed by atoms with Crippen molar-refractivity contribution in [1.29, 1.82) is 0 Å². The van der Waals surface area contributed by atoms with Gasteiger partial charge in [-0.1, -0.05) is 0 Å². The molecule has 0 radical (unpaired) electrons. The largest absolute Gasteiger partial charge is 0.404 e. The van der Waals surface area contributed by atoms with Crippen LogP contribution in [-0.2, 0) is 0 Å². The highest BCUT2D eigenvalue weighted by Gasteiger charge is 2.20. The van der Waals surface area contributed by atoms with Gasteiger partial charge in [0.15, 0.2) is 0 Å². The molecule has 13 heavy (non-hydrogen) atoms. The molecule has 0 aliphatic heterocycles. The first-order valence-electron chi connectivity index (χ1n) is 4.87. The van der Waals surface area contributed by atoms with Gasteiger partial charge in [-0.3, -0.25) is 4.99 Å². The zero-order valence-corrected chi connectivity index (χ0v) is 8.24. The molecule has 4 N–H and O–H groups in total. The summed E-state index contributed by atoms with van der Waals surface area (Å²) in [7, 11) is 1.78. The zero-order valence-electron chi connectivity index (χ0n) is 8.24. The van der Waals surface area contributed by atoms with Gasteiger partial charge in [-0.15, -0.1) is 0 Å². The first-order valence-corrected chi connectivity index (χ1v) is 4.87. The van der Waals surface area contributed by atoms with E-state index in [4.69, 9.17) is 11.5 Å². The van der Waals surface area contributed by atoms with Crippen LogP contribution in [0, 0.1) is 5.92 Å². The standard InChI is InChI=1S/C10H19N3/c1-13-7-9(6-11)8-2-4-10(12)5-3-8/h6-8,10H,2-5,11-12H2,1H3/b9-6+,13-7?. The molecule has 0 aromatic rings. The molecule has 1 saturated carbocycles. The quantitative estimate of drug-likeness (QED) is 0.625. The maximum absolute atomic E-state index is 5.83. The van der Waals surface area contributed by atoms with E-state index in [9.17, 15) is 0 Å². The number of rotatable bonds is 2. The van der Waals surface area contributed by atoms with E-state index >= 15 is 0 Å². The van der Waals surface area contributed by atoms with E-state index in [-0.39, 0.29) is 0 Å². The van der Waals surface area contributed by atoms with Crippen LogP contribution in [0.2, 0.25) is 0 Å². The predicted octanol–water partition coefficient (Wildman–Crippen LogP) is 1.05. The third kappa shape index (κ3) is 2.84. The third-order valence-electron chi connectivity index (χ3n) is 2.71. The molecule has 1 fully saturated rings. The van der Waals surface area contributed by atoms with E-state index < -0.39 is 0 Å². The Balaban J connectivity index is 2.52. The molecule has 0 aromatic heterocycles. The van der Waals surface area contributed by atoms with Crippen LogP contribution in [0.15, 0.2) is 16.8 Å². The lowest BCUT2D eigenvalue weighted by atomic mass is 9.82. The van der Waals surface area contributed by atoms with E-state index in [1.54, 1.807) is 13.2 Å². The van der Waals surface area contributed by atoms with Crippen LogP contribution in [0.25, 0.3) is 0 Å². The van der Waals surface area contributed by atoms with Crippen molar-refractivity contribution in [3.05, 3.63) is 11.8 Å². The topological polar surface area (TPSA) is 64.4 Å². The second-order valence-corrected chi connectivity index (χ2v) is 3.67. The first-order chi connectivity index (χ1) is 6.27. The molecule has 3 heteroatoms. The lowest BCUT2D eigenvalue weighted by molar-refractivity contribution is 0.369. The van der Waals surface area contributed by atoms with Crippen molar-refractivity contribution < 1.29 is 0 Å². The van der Waals surface area contributed by atoms with Crippen molar-refractivity contribution in [1.82, 2.24) is 0 Å². The highest BCUT2D eigenvalue weighted by molar-refractivity contribution is 5.78. The molecule has 1 aliphatic rings. The number of nitrogens with two attached hydrogens (primary N) is 2. The van der Waals surface area contributed by atoms with Gasteiger partial charge in [0.1, 0.15) is 0 Å². The Morgan fingerprint density at radius 1 is 1.31 bits per heavy atom. The second kappa shape index (κ2) is 5.02. The van der Waals surface area contributed by atoms with Crippen LogP contribution in [0.3, 0.4) is 0 Å². The van der Waals surface area contributed by atoms with E-state index in [2.05, 4.69) is 4.99 Å².